The van der Waals surface area contributed by atoms with Crippen molar-refractivity contribution in [1.82, 2.24) is 0 Å². The highest BCUT2D eigenvalue weighted by atomic mass is 79.9. The minimum absolute atomic E-state index is 0.0575. The Bertz CT molecular complexity index is 515. The van der Waals surface area contributed by atoms with Gasteiger partial charge in [-0.25, -0.2) is 0 Å². The summed E-state index contributed by atoms with van der Waals surface area (Å²) < 4.78 is 0.728. The number of allylic oxidation sites excluding steroid dienone is 4. The smallest absolute Gasteiger partial charge is 0.170 e. The van der Waals surface area contributed by atoms with Crippen molar-refractivity contribution in [1.29, 1.82) is 0 Å². The normalized spacial score (nSPS) is 35.5. The number of hydrogen-bond acceptors (Lipinski definition) is 2. The van der Waals surface area contributed by atoms with Gasteiger partial charge in [0.25, 0.3) is 0 Å². The van der Waals surface area contributed by atoms with Gasteiger partial charge >= 0.3 is 0 Å². The van der Waals surface area contributed by atoms with E-state index in [-0.39, 0.29) is 28.8 Å². The monoisotopic (exact) mass is 336 g/mol. The molecule has 1 fully saturated rings. The number of fused-ring (bicyclic) bond motifs is 2. The summed E-state index contributed by atoms with van der Waals surface area (Å²) in [6.45, 7) is 11.8. The molecule has 0 amide bonds. The molecule has 2 aliphatic carbocycles. The predicted octanol–water partition coefficient (Wildman–Crippen LogP) is 4.22. The van der Waals surface area contributed by atoms with Crippen molar-refractivity contribution >= 4 is 27.5 Å². The van der Waals surface area contributed by atoms with Crippen molar-refractivity contribution < 1.29 is 9.59 Å². The molecule has 3 atom stereocenters. The Hall–Kier alpha value is -0.960. The van der Waals surface area contributed by atoms with E-state index in [1.165, 1.54) is 0 Å². The molecule has 2 nitrogen and oxygen atoms in total. The topological polar surface area (TPSA) is 34.1 Å². The summed E-state index contributed by atoms with van der Waals surface area (Å²) in [6, 6.07) is 0. The van der Waals surface area contributed by atoms with Crippen LogP contribution in [-0.2, 0) is 9.59 Å². The Balaban J connectivity index is 2.60. The molecule has 0 radical (unpaired) electrons. The second kappa shape index (κ2) is 5.10. The summed E-state index contributed by atoms with van der Waals surface area (Å²) in [7, 11) is 0. The van der Waals surface area contributed by atoms with Crippen LogP contribution in [0.1, 0.15) is 33.1 Å². The molecular formula is C17H21BrO2. The fourth-order valence-electron chi connectivity index (χ4n) is 3.80. The fraction of sp³-hybridized carbons (Fsp3) is 0.529. The van der Waals surface area contributed by atoms with Crippen molar-refractivity contribution in [2.45, 2.75) is 33.1 Å². The lowest BCUT2D eigenvalue weighted by Gasteiger charge is -2.53. The van der Waals surface area contributed by atoms with Crippen molar-refractivity contribution in [3.05, 3.63) is 35.9 Å². The van der Waals surface area contributed by atoms with Gasteiger partial charge in [0, 0.05) is 4.48 Å². The molecule has 0 aliphatic heterocycles. The zero-order valence-electron chi connectivity index (χ0n) is 12.1. The van der Waals surface area contributed by atoms with Gasteiger partial charge in [0.1, 0.15) is 0 Å². The molecule has 108 valence electrons. The molecule has 0 N–H and O–H groups in total. The van der Waals surface area contributed by atoms with Crippen LogP contribution in [0.3, 0.4) is 0 Å². The maximum absolute atomic E-state index is 12.9. The van der Waals surface area contributed by atoms with Crippen LogP contribution in [-0.4, -0.2) is 11.6 Å². The van der Waals surface area contributed by atoms with Crippen molar-refractivity contribution in [2.75, 3.05) is 0 Å². The number of carbonyl (C=O) groups excluding carboxylic acids is 2. The van der Waals surface area contributed by atoms with E-state index in [4.69, 9.17) is 0 Å². The summed E-state index contributed by atoms with van der Waals surface area (Å²) in [5.74, 6) is 0.0175. The summed E-state index contributed by atoms with van der Waals surface area (Å²) in [5.41, 5.74) is -1.07. The average Bonchev–Trinajstić information content (AvgIpc) is 2.34. The minimum atomic E-state index is -0.896. The number of rotatable bonds is 4. The van der Waals surface area contributed by atoms with Crippen LogP contribution < -0.4 is 0 Å². The Morgan fingerprint density at radius 1 is 1.35 bits per heavy atom. The lowest BCUT2D eigenvalue weighted by atomic mass is 9.49. The van der Waals surface area contributed by atoms with Gasteiger partial charge in [-0.1, -0.05) is 41.9 Å². The zero-order valence-corrected chi connectivity index (χ0v) is 13.7. The first-order valence-electron chi connectivity index (χ1n) is 6.99. The second-order valence-corrected chi connectivity index (χ2v) is 7.43. The largest absolute Gasteiger partial charge is 0.298 e. The van der Waals surface area contributed by atoms with Crippen LogP contribution in [0.2, 0.25) is 0 Å². The highest BCUT2D eigenvalue weighted by molar-refractivity contribution is 9.11. The molecule has 0 spiro atoms. The van der Waals surface area contributed by atoms with E-state index in [2.05, 4.69) is 42.9 Å². The maximum Gasteiger partial charge on any atom is 0.170 e. The molecule has 0 aromatic carbocycles. The molecular weight excluding hydrogens is 316 g/mol. The van der Waals surface area contributed by atoms with Gasteiger partial charge in [-0.2, -0.15) is 0 Å². The Morgan fingerprint density at radius 3 is 2.55 bits per heavy atom. The van der Waals surface area contributed by atoms with Gasteiger partial charge in [-0.05, 0) is 36.7 Å². The van der Waals surface area contributed by atoms with E-state index in [1.54, 1.807) is 12.2 Å². The van der Waals surface area contributed by atoms with E-state index in [9.17, 15) is 9.59 Å². The van der Waals surface area contributed by atoms with E-state index >= 15 is 0 Å². The molecule has 0 heterocycles. The van der Waals surface area contributed by atoms with Crippen LogP contribution in [0.25, 0.3) is 0 Å². The van der Waals surface area contributed by atoms with Crippen LogP contribution in [0.5, 0.6) is 0 Å². The molecule has 20 heavy (non-hydrogen) atoms. The van der Waals surface area contributed by atoms with Crippen LogP contribution in [0.4, 0.5) is 0 Å². The highest BCUT2D eigenvalue weighted by Gasteiger charge is 2.60. The summed E-state index contributed by atoms with van der Waals surface area (Å²) in [6.07, 6.45) is 7.06. The Morgan fingerprint density at radius 2 is 2.00 bits per heavy atom. The van der Waals surface area contributed by atoms with Crippen molar-refractivity contribution in [3.63, 3.8) is 0 Å². The third kappa shape index (κ3) is 1.98. The third-order valence-corrected chi connectivity index (χ3v) is 5.77. The van der Waals surface area contributed by atoms with Gasteiger partial charge in [-0.15, -0.1) is 13.2 Å². The lowest BCUT2D eigenvalue weighted by molar-refractivity contribution is -0.152. The van der Waals surface area contributed by atoms with E-state index in [0.717, 1.165) is 10.9 Å². The van der Waals surface area contributed by atoms with Crippen LogP contribution in [0, 0.1) is 22.7 Å². The van der Waals surface area contributed by atoms with Crippen LogP contribution in [0.15, 0.2) is 35.9 Å². The summed E-state index contributed by atoms with van der Waals surface area (Å²) in [4.78, 5) is 25.4. The maximum atomic E-state index is 12.9. The fourth-order valence-corrected chi connectivity index (χ4v) is 4.81. The van der Waals surface area contributed by atoms with Gasteiger partial charge < -0.3 is 0 Å². The van der Waals surface area contributed by atoms with Crippen LogP contribution >= 0.6 is 15.9 Å². The van der Waals surface area contributed by atoms with E-state index in [0.29, 0.717) is 12.8 Å². The summed E-state index contributed by atoms with van der Waals surface area (Å²) >= 11 is 3.45. The minimum Gasteiger partial charge on any atom is -0.298 e. The molecule has 2 unspecified atom stereocenters. The highest BCUT2D eigenvalue weighted by Crippen LogP contribution is 2.58. The first kappa shape index (κ1) is 15.4. The van der Waals surface area contributed by atoms with E-state index in [1.807, 2.05) is 6.08 Å². The number of Topliss-reactive ketones (excluding diaryl/α,β-unsaturated/α-hetero) is 1. The molecule has 0 aromatic heterocycles. The molecule has 3 heteroatoms. The SMILES string of the molecule is C=CCC1CC2(CC=C)C(=O)C=C(Br)[C@H](C2=O)C1(C)C. The van der Waals surface area contributed by atoms with Gasteiger partial charge in [-0.3, -0.25) is 9.59 Å². The quantitative estimate of drug-likeness (QED) is 0.569. The molecule has 0 aromatic rings. The summed E-state index contributed by atoms with van der Waals surface area (Å²) in [5, 5.41) is 0. The van der Waals surface area contributed by atoms with Gasteiger partial charge in [0.05, 0.1) is 11.3 Å². The molecule has 2 rings (SSSR count). The molecule has 0 saturated heterocycles. The second-order valence-electron chi connectivity index (χ2n) is 6.51. The van der Waals surface area contributed by atoms with Gasteiger partial charge in [0.2, 0.25) is 0 Å². The number of hydrogen-bond donors (Lipinski definition) is 0. The predicted molar refractivity (Wildman–Crippen MR) is 84.5 cm³/mol. The number of ketones is 2. The third-order valence-electron chi connectivity index (χ3n) is 5.09. The molecule has 2 aliphatic rings. The standard InChI is InChI=1S/C17H21BrO2/c1-5-7-11-10-17(8-6-2)13(19)9-12(18)14(15(17)20)16(11,3)4/h5-6,9,11,14H,1-2,7-8,10H2,3-4H3/t11?,14-,17?/m1/s1. The Labute approximate surface area is 129 Å². The van der Waals surface area contributed by atoms with Crippen molar-refractivity contribution in [3.8, 4) is 0 Å². The average molecular weight is 337 g/mol. The van der Waals surface area contributed by atoms with Crippen molar-refractivity contribution in [2.24, 2.45) is 22.7 Å². The van der Waals surface area contributed by atoms with Gasteiger partial charge in [0.15, 0.2) is 11.6 Å². The first-order valence-corrected chi connectivity index (χ1v) is 7.78. The molecule has 1 saturated carbocycles. The zero-order chi connectivity index (χ0) is 15.1. The number of carbonyl (C=O) groups is 2. The van der Waals surface area contributed by atoms with E-state index < -0.39 is 5.41 Å². The lowest BCUT2D eigenvalue weighted by Crippen LogP contribution is -2.57. The molecule has 2 bridgehead atoms. The number of halogens is 1. The first-order chi connectivity index (χ1) is 9.31. The Kier molecular flexibility index (Phi) is 3.94.